The zero-order chi connectivity index (χ0) is 23.1. The average Bonchev–Trinajstić information content (AvgIpc) is 3.36. The number of fused-ring (bicyclic) bond motifs is 1. The average molecular weight is 460 g/mol. The second kappa shape index (κ2) is 8.67. The van der Waals surface area contributed by atoms with E-state index in [0.29, 0.717) is 18.7 Å². The molecule has 2 aliphatic heterocycles. The van der Waals surface area contributed by atoms with Crippen molar-refractivity contribution < 1.29 is 9.59 Å². The lowest BCUT2D eigenvalue weighted by Gasteiger charge is -2.45. The van der Waals surface area contributed by atoms with E-state index in [1.165, 1.54) is 11.3 Å². The van der Waals surface area contributed by atoms with Crippen LogP contribution in [-0.2, 0) is 4.79 Å². The zero-order valence-corrected chi connectivity index (χ0v) is 20.1. The summed E-state index contributed by atoms with van der Waals surface area (Å²) in [7, 11) is 1.82. The van der Waals surface area contributed by atoms with Crippen LogP contribution >= 0.6 is 11.3 Å². The van der Waals surface area contributed by atoms with E-state index >= 15 is 0 Å². The van der Waals surface area contributed by atoms with Gasteiger partial charge in [0.2, 0.25) is 5.91 Å². The number of rotatable bonds is 3. The molecule has 0 bridgehead atoms. The molecule has 0 radical (unpaired) electrons. The monoisotopic (exact) mass is 459 g/mol. The summed E-state index contributed by atoms with van der Waals surface area (Å²) in [6.07, 6.45) is 0. The van der Waals surface area contributed by atoms with Crippen LogP contribution in [0, 0.1) is 6.92 Å². The third-order valence-electron chi connectivity index (χ3n) is 6.99. The molecule has 2 aliphatic rings. The van der Waals surface area contributed by atoms with E-state index in [4.69, 9.17) is 0 Å². The van der Waals surface area contributed by atoms with Gasteiger partial charge in [-0.1, -0.05) is 42.0 Å². The smallest absolute Gasteiger partial charge is 0.254 e. The number of carbonyl (C=O) groups excluding carboxylic acids is 2. The molecule has 1 saturated heterocycles. The lowest BCUT2D eigenvalue weighted by Crippen LogP contribution is -2.56. The molecule has 2 amide bonds. The van der Waals surface area contributed by atoms with E-state index in [9.17, 15) is 9.59 Å². The standard InChI is InChI=1S/C27H29N3O2S/c1-18-10-12-20(13-11-18)30-15-14-29(17-19(30)2)27(32)24-21-7-4-5-8-22(21)26(31)28(3)25(24)23-9-6-16-33-23/h4-13,16,19,24-25H,14-15,17H2,1-3H3/t19-,24+,25+/m0/s1. The Hall–Kier alpha value is -3.12. The van der Waals surface area contributed by atoms with Crippen molar-refractivity contribution >= 4 is 28.8 Å². The van der Waals surface area contributed by atoms with Gasteiger partial charge in [0.15, 0.2) is 0 Å². The third-order valence-corrected chi connectivity index (χ3v) is 7.93. The van der Waals surface area contributed by atoms with Gasteiger partial charge >= 0.3 is 0 Å². The topological polar surface area (TPSA) is 43.9 Å². The van der Waals surface area contributed by atoms with Crippen LogP contribution in [0.4, 0.5) is 5.69 Å². The number of amides is 2. The van der Waals surface area contributed by atoms with Crippen LogP contribution in [0.25, 0.3) is 0 Å². The number of likely N-dealkylation sites (N-methyl/N-ethyl adjacent to an activating group) is 1. The molecular weight excluding hydrogens is 430 g/mol. The molecule has 33 heavy (non-hydrogen) atoms. The zero-order valence-electron chi connectivity index (χ0n) is 19.3. The Bertz CT molecular complexity index is 1160. The molecule has 6 heteroatoms. The van der Waals surface area contributed by atoms with Gasteiger partial charge in [-0.25, -0.2) is 0 Å². The minimum absolute atomic E-state index is 0.0226. The van der Waals surface area contributed by atoms with Crippen LogP contribution in [0.15, 0.2) is 66.0 Å². The van der Waals surface area contributed by atoms with Crippen LogP contribution in [0.2, 0.25) is 0 Å². The Morgan fingerprint density at radius 2 is 1.76 bits per heavy atom. The Morgan fingerprint density at radius 3 is 2.45 bits per heavy atom. The summed E-state index contributed by atoms with van der Waals surface area (Å²) in [5.74, 6) is -0.318. The first kappa shape index (κ1) is 21.7. The van der Waals surface area contributed by atoms with Crippen molar-refractivity contribution in [1.82, 2.24) is 9.80 Å². The molecule has 170 valence electrons. The van der Waals surface area contributed by atoms with Crippen molar-refractivity contribution in [2.24, 2.45) is 0 Å². The molecule has 0 saturated carbocycles. The number of anilines is 1. The molecule has 2 aromatic carbocycles. The van der Waals surface area contributed by atoms with Crippen LogP contribution in [-0.4, -0.2) is 54.3 Å². The number of nitrogens with zero attached hydrogens (tertiary/aromatic N) is 3. The van der Waals surface area contributed by atoms with E-state index in [1.807, 2.05) is 53.7 Å². The van der Waals surface area contributed by atoms with Gasteiger partial charge in [0.05, 0.1) is 12.0 Å². The fourth-order valence-corrected chi connectivity index (χ4v) is 6.14. The largest absolute Gasteiger partial charge is 0.365 e. The lowest BCUT2D eigenvalue weighted by atomic mass is 9.81. The molecule has 0 unspecified atom stereocenters. The van der Waals surface area contributed by atoms with E-state index in [0.717, 1.165) is 17.0 Å². The van der Waals surface area contributed by atoms with Crippen LogP contribution in [0.3, 0.4) is 0 Å². The summed E-state index contributed by atoms with van der Waals surface area (Å²) in [4.78, 5) is 34.4. The van der Waals surface area contributed by atoms with Crippen LogP contribution in [0.5, 0.6) is 0 Å². The minimum Gasteiger partial charge on any atom is -0.365 e. The van der Waals surface area contributed by atoms with E-state index in [2.05, 4.69) is 43.0 Å². The number of benzene rings is 2. The molecule has 5 nitrogen and oxygen atoms in total. The molecule has 1 aromatic heterocycles. The van der Waals surface area contributed by atoms with Crippen LogP contribution in [0.1, 0.15) is 45.2 Å². The minimum atomic E-state index is -0.402. The molecule has 0 aliphatic carbocycles. The SMILES string of the molecule is Cc1ccc(N2CCN(C(=O)[C@@H]3c4ccccc4C(=O)N(C)[C@@H]3c3cccs3)C[C@@H]2C)cc1. The van der Waals surface area contributed by atoms with Crippen molar-refractivity contribution in [2.75, 3.05) is 31.6 Å². The normalized spacial score (nSPS) is 22.9. The second-order valence-corrected chi connectivity index (χ2v) is 10.1. The van der Waals surface area contributed by atoms with Gasteiger partial charge in [-0.15, -0.1) is 11.3 Å². The maximum atomic E-state index is 14.1. The highest BCUT2D eigenvalue weighted by Gasteiger charge is 2.45. The van der Waals surface area contributed by atoms with Crippen molar-refractivity contribution in [1.29, 1.82) is 0 Å². The predicted molar refractivity (Wildman–Crippen MR) is 133 cm³/mol. The summed E-state index contributed by atoms with van der Waals surface area (Å²) in [6.45, 7) is 6.41. The quantitative estimate of drug-likeness (QED) is 0.570. The van der Waals surface area contributed by atoms with Gasteiger partial charge in [-0.2, -0.15) is 0 Å². The van der Waals surface area contributed by atoms with Crippen molar-refractivity contribution in [3.05, 3.63) is 87.6 Å². The molecule has 5 rings (SSSR count). The summed E-state index contributed by atoms with van der Waals surface area (Å²) in [5.41, 5.74) is 3.93. The van der Waals surface area contributed by atoms with Crippen molar-refractivity contribution in [2.45, 2.75) is 31.8 Å². The van der Waals surface area contributed by atoms with Gasteiger partial charge in [-0.3, -0.25) is 9.59 Å². The number of aryl methyl sites for hydroxylation is 1. The number of carbonyl (C=O) groups is 2. The highest BCUT2D eigenvalue weighted by Crippen LogP contribution is 2.44. The summed E-state index contributed by atoms with van der Waals surface area (Å²) >= 11 is 1.60. The summed E-state index contributed by atoms with van der Waals surface area (Å²) < 4.78 is 0. The van der Waals surface area contributed by atoms with Gasteiger partial charge in [-0.05, 0) is 49.1 Å². The molecule has 1 fully saturated rings. The maximum Gasteiger partial charge on any atom is 0.254 e. The second-order valence-electron chi connectivity index (χ2n) is 9.10. The lowest BCUT2D eigenvalue weighted by molar-refractivity contribution is -0.135. The highest BCUT2D eigenvalue weighted by atomic mass is 32.1. The predicted octanol–water partition coefficient (Wildman–Crippen LogP) is 4.70. The summed E-state index contributed by atoms with van der Waals surface area (Å²) in [5, 5.41) is 2.01. The Kier molecular flexibility index (Phi) is 5.71. The van der Waals surface area contributed by atoms with Gasteiger partial charge in [0, 0.05) is 48.9 Å². The Balaban J connectivity index is 1.45. The Morgan fingerprint density at radius 1 is 1.00 bits per heavy atom. The number of hydrogen-bond donors (Lipinski definition) is 0. The molecule has 3 aromatic rings. The number of piperazine rings is 1. The first-order valence-corrected chi connectivity index (χ1v) is 12.3. The molecule has 3 heterocycles. The fourth-order valence-electron chi connectivity index (χ4n) is 5.23. The van der Waals surface area contributed by atoms with Gasteiger partial charge in [0.25, 0.3) is 5.91 Å². The number of thiophene rings is 1. The first-order valence-electron chi connectivity index (χ1n) is 11.5. The highest BCUT2D eigenvalue weighted by molar-refractivity contribution is 7.10. The molecule has 0 N–H and O–H groups in total. The Labute approximate surface area is 199 Å². The van der Waals surface area contributed by atoms with Crippen molar-refractivity contribution in [3.63, 3.8) is 0 Å². The molecule has 3 atom stereocenters. The number of hydrogen-bond acceptors (Lipinski definition) is 4. The van der Waals surface area contributed by atoms with E-state index in [1.54, 1.807) is 16.2 Å². The third kappa shape index (κ3) is 3.82. The maximum absolute atomic E-state index is 14.1. The first-order chi connectivity index (χ1) is 16.0. The molecule has 0 spiro atoms. The van der Waals surface area contributed by atoms with E-state index in [-0.39, 0.29) is 23.9 Å². The van der Waals surface area contributed by atoms with Crippen LogP contribution < -0.4 is 4.90 Å². The van der Waals surface area contributed by atoms with E-state index < -0.39 is 5.92 Å². The van der Waals surface area contributed by atoms with Gasteiger partial charge in [0.1, 0.15) is 0 Å². The van der Waals surface area contributed by atoms with Crippen molar-refractivity contribution in [3.8, 4) is 0 Å². The summed E-state index contributed by atoms with van der Waals surface area (Å²) in [6, 6.07) is 20.1. The van der Waals surface area contributed by atoms with Gasteiger partial charge < -0.3 is 14.7 Å². The molecular formula is C27H29N3O2S. The fraction of sp³-hybridized carbons (Fsp3) is 0.333.